The van der Waals surface area contributed by atoms with E-state index in [1.54, 1.807) is 24.3 Å². The first-order chi connectivity index (χ1) is 10.1. The van der Waals surface area contributed by atoms with Crippen LogP contribution in [0.5, 0.6) is 0 Å². The van der Waals surface area contributed by atoms with Crippen molar-refractivity contribution in [1.82, 2.24) is 9.97 Å². The highest BCUT2D eigenvalue weighted by molar-refractivity contribution is 6.30. The highest BCUT2D eigenvalue weighted by Crippen LogP contribution is 2.24. The average molecular weight is 298 g/mol. The number of nitrogens with two attached hydrogens (primary N) is 1. The second-order valence-electron chi connectivity index (χ2n) is 4.62. The molecule has 0 aliphatic heterocycles. The van der Waals surface area contributed by atoms with E-state index in [0.717, 1.165) is 11.1 Å². The maximum absolute atomic E-state index is 11.8. The molecule has 0 aliphatic rings. The maximum Gasteiger partial charge on any atom is 0.345 e. The Bertz CT molecular complexity index is 841. The lowest BCUT2D eigenvalue weighted by Gasteiger charge is -2.05. The fourth-order valence-corrected chi connectivity index (χ4v) is 2.26. The first kappa shape index (κ1) is 13.4. The van der Waals surface area contributed by atoms with Crippen LogP contribution in [0.15, 0.2) is 59.4 Å². The third-order valence-electron chi connectivity index (χ3n) is 3.09. The molecule has 0 radical (unpaired) electrons. The lowest BCUT2D eigenvalue weighted by Crippen LogP contribution is -2.11. The van der Waals surface area contributed by atoms with Gasteiger partial charge in [-0.05, 0) is 35.9 Å². The second-order valence-corrected chi connectivity index (χ2v) is 5.05. The molecule has 21 heavy (non-hydrogen) atoms. The molecule has 1 aromatic heterocycles. The van der Waals surface area contributed by atoms with E-state index in [9.17, 15) is 4.79 Å². The Morgan fingerprint density at radius 2 is 1.76 bits per heavy atom. The van der Waals surface area contributed by atoms with Crippen LogP contribution in [-0.2, 0) is 0 Å². The van der Waals surface area contributed by atoms with Gasteiger partial charge in [0.15, 0.2) is 0 Å². The topological polar surface area (TPSA) is 71.8 Å². The van der Waals surface area contributed by atoms with Gasteiger partial charge in [-0.2, -0.15) is 4.98 Å². The van der Waals surface area contributed by atoms with Gasteiger partial charge in [0, 0.05) is 16.3 Å². The van der Waals surface area contributed by atoms with Crippen LogP contribution in [0.1, 0.15) is 0 Å². The third-order valence-corrected chi connectivity index (χ3v) is 3.32. The van der Waals surface area contributed by atoms with Gasteiger partial charge < -0.3 is 10.7 Å². The molecule has 1 heterocycles. The summed E-state index contributed by atoms with van der Waals surface area (Å²) >= 11 is 5.98. The van der Waals surface area contributed by atoms with Crippen LogP contribution >= 0.6 is 11.6 Å². The molecule has 0 aliphatic carbocycles. The lowest BCUT2D eigenvalue weighted by atomic mass is 10.1. The van der Waals surface area contributed by atoms with Crippen LogP contribution in [-0.4, -0.2) is 9.97 Å². The summed E-state index contributed by atoms with van der Waals surface area (Å²) in [5.41, 5.74) is 8.87. The van der Waals surface area contributed by atoms with Crippen molar-refractivity contribution >= 4 is 17.3 Å². The van der Waals surface area contributed by atoms with Crippen LogP contribution in [0.4, 0.5) is 5.69 Å². The summed E-state index contributed by atoms with van der Waals surface area (Å²) in [5, 5.41) is 0.601. The summed E-state index contributed by atoms with van der Waals surface area (Å²) in [6.07, 6.45) is 0. The quantitative estimate of drug-likeness (QED) is 0.713. The minimum absolute atomic E-state index is 0.403. The summed E-state index contributed by atoms with van der Waals surface area (Å²) in [7, 11) is 0. The Morgan fingerprint density at radius 3 is 2.48 bits per heavy atom. The Labute approximate surface area is 126 Å². The predicted molar refractivity (Wildman–Crippen MR) is 85.2 cm³/mol. The van der Waals surface area contributed by atoms with Gasteiger partial charge in [-0.25, -0.2) is 4.79 Å². The van der Waals surface area contributed by atoms with Crippen LogP contribution < -0.4 is 11.4 Å². The summed E-state index contributed by atoms with van der Waals surface area (Å²) in [6, 6.07) is 16.3. The van der Waals surface area contributed by atoms with Crippen molar-refractivity contribution < 1.29 is 0 Å². The minimum atomic E-state index is -0.403. The molecule has 2 aromatic carbocycles. The van der Waals surface area contributed by atoms with Crippen molar-refractivity contribution in [2.45, 2.75) is 0 Å². The molecule has 4 nitrogen and oxygen atoms in total. The second kappa shape index (κ2) is 5.42. The number of aromatic nitrogens is 2. The van der Waals surface area contributed by atoms with E-state index in [0.29, 0.717) is 22.1 Å². The van der Waals surface area contributed by atoms with Gasteiger partial charge in [-0.3, -0.25) is 0 Å². The minimum Gasteiger partial charge on any atom is -0.399 e. The van der Waals surface area contributed by atoms with Gasteiger partial charge in [0.1, 0.15) is 0 Å². The number of H-pyrrole nitrogens is 1. The molecule has 0 bridgehead atoms. The lowest BCUT2D eigenvalue weighted by molar-refractivity contribution is 1.09. The van der Waals surface area contributed by atoms with Crippen LogP contribution in [0.25, 0.3) is 22.5 Å². The normalized spacial score (nSPS) is 10.5. The number of anilines is 1. The molecule has 3 aromatic rings. The fourth-order valence-electron chi connectivity index (χ4n) is 2.07. The molecule has 0 spiro atoms. The molecule has 0 saturated carbocycles. The zero-order chi connectivity index (χ0) is 14.8. The monoisotopic (exact) mass is 297 g/mol. The number of hydrogen-bond acceptors (Lipinski definition) is 3. The van der Waals surface area contributed by atoms with Crippen molar-refractivity contribution in [2.75, 3.05) is 5.73 Å². The summed E-state index contributed by atoms with van der Waals surface area (Å²) < 4.78 is 0. The Morgan fingerprint density at radius 1 is 1.00 bits per heavy atom. The highest BCUT2D eigenvalue weighted by Gasteiger charge is 2.06. The standard InChI is InChI=1S/C16H12ClN3O/c17-12-3-1-2-11(8-12)15-9-14(19-16(21)20-15)10-4-6-13(18)7-5-10/h1-9H,18H2,(H,19,20,21). The largest absolute Gasteiger partial charge is 0.399 e. The van der Waals surface area contributed by atoms with E-state index < -0.39 is 5.69 Å². The van der Waals surface area contributed by atoms with E-state index in [1.807, 2.05) is 30.3 Å². The maximum atomic E-state index is 11.8. The molecule has 3 N–H and O–H groups in total. The number of benzene rings is 2. The molecule has 3 rings (SSSR count). The van der Waals surface area contributed by atoms with E-state index in [-0.39, 0.29) is 0 Å². The van der Waals surface area contributed by atoms with Gasteiger partial charge in [-0.1, -0.05) is 35.9 Å². The van der Waals surface area contributed by atoms with Crippen LogP contribution in [0.2, 0.25) is 5.02 Å². The Hall–Kier alpha value is -2.59. The fraction of sp³-hybridized carbons (Fsp3) is 0. The number of nitrogens with zero attached hydrogens (tertiary/aromatic N) is 1. The van der Waals surface area contributed by atoms with E-state index >= 15 is 0 Å². The Balaban J connectivity index is 2.12. The van der Waals surface area contributed by atoms with Gasteiger partial charge in [0.05, 0.1) is 11.4 Å². The Kier molecular flexibility index (Phi) is 3.46. The first-order valence-corrected chi connectivity index (χ1v) is 6.73. The van der Waals surface area contributed by atoms with Crippen molar-refractivity contribution in [3.05, 3.63) is 70.1 Å². The predicted octanol–water partition coefficient (Wildman–Crippen LogP) is 3.34. The highest BCUT2D eigenvalue weighted by atomic mass is 35.5. The van der Waals surface area contributed by atoms with Gasteiger partial charge in [0.2, 0.25) is 0 Å². The molecular formula is C16H12ClN3O. The molecule has 0 atom stereocenters. The number of rotatable bonds is 2. The molecule has 0 saturated heterocycles. The average Bonchev–Trinajstić information content (AvgIpc) is 2.47. The number of aromatic amines is 1. The van der Waals surface area contributed by atoms with Crippen LogP contribution in [0, 0.1) is 0 Å². The molecule has 0 amide bonds. The van der Waals surface area contributed by atoms with Crippen molar-refractivity contribution in [3.63, 3.8) is 0 Å². The molecular weight excluding hydrogens is 286 g/mol. The summed E-state index contributed by atoms with van der Waals surface area (Å²) in [6.45, 7) is 0. The van der Waals surface area contributed by atoms with Gasteiger partial charge in [0.25, 0.3) is 0 Å². The van der Waals surface area contributed by atoms with Crippen LogP contribution in [0.3, 0.4) is 0 Å². The molecule has 104 valence electrons. The zero-order valence-electron chi connectivity index (χ0n) is 11.0. The number of nitrogens with one attached hydrogen (secondary N) is 1. The SMILES string of the molecule is Nc1ccc(-c2cc(-c3cccc(Cl)c3)nc(=O)[nH]2)cc1. The van der Waals surface area contributed by atoms with E-state index in [2.05, 4.69) is 9.97 Å². The summed E-state index contributed by atoms with van der Waals surface area (Å²) in [5.74, 6) is 0. The van der Waals surface area contributed by atoms with Crippen molar-refractivity contribution in [1.29, 1.82) is 0 Å². The number of halogens is 1. The zero-order valence-corrected chi connectivity index (χ0v) is 11.8. The molecule has 5 heteroatoms. The molecule has 0 unspecified atom stereocenters. The van der Waals surface area contributed by atoms with Gasteiger partial charge in [-0.15, -0.1) is 0 Å². The smallest absolute Gasteiger partial charge is 0.345 e. The molecule has 0 fully saturated rings. The van der Waals surface area contributed by atoms with Crippen molar-refractivity contribution in [3.8, 4) is 22.5 Å². The van der Waals surface area contributed by atoms with Gasteiger partial charge >= 0.3 is 5.69 Å². The third kappa shape index (κ3) is 2.95. The first-order valence-electron chi connectivity index (χ1n) is 6.35. The van der Waals surface area contributed by atoms with E-state index in [4.69, 9.17) is 17.3 Å². The van der Waals surface area contributed by atoms with E-state index in [1.165, 1.54) is 0 Å². The van der Waals surface area contributed by atoms with Crippen molar-refractivity contribution in [2.24, 2.45) is 0 Å². The number of hydrogen-bond donors (Lipinski definition) is 2. The number of nitrogen functional groups attached to an aromatic ring is 1. The summed E-state index contributed by atoms with van der Waals surface area (Å²) in [4.78, 5) is 18.5.